The topological polar surface area (TPSA) is 46.6 Å². The summed E-state index contributed by atoms with van der Waals surface area (Å²) in [5.74, 6) is 0. The van der Waals surface area contributed by atoms with E-state index in [-0.39, 0.29) is 6.10 Å². The lowest BCUT2D eigenvalue weighted by Crippen LogP contribution is -2.40. The van der Waals surface area contributed by atoms with Crippen LogP contribution in [0.25, 0.3) is 0 Å². The van der Waals surface area contributed by atoms with Gasteiger partial charge in [0.2, 0.25) is 0 Å². The van der Waals surface area contributed by atoms with Crippen LogP contribution < -0.4 is 0 Å². The Morgan fingerprint density at radius 3 is 2.60 bits per heavy atom. The highest BCUT2D eigenvalue weighted by atomic mass is 79.9. The van der Waals surface area contributed by atoms with Crippen LogP contribution in [-0.2, 0) is 14.8 Å². The summed E-state index contributed by atoms with van der Waals surface area (Å²) in [6.07, 6.45) is 1.70. The van der Waals surface area contributed by atoms with Crippen molar-refractivity contribution in [1.82, 2.24) is 4.31 Å². The fourth-order valence-corrected chi connectivity index (χ4v) is 6.17. The van der Waals surface area contributed by atoms with E-state index in [1.54, 1.807) is 10.4 Å². The SMILES string of the molecule is Cc1cc(S(=O)(=O)N2CCC(OCCBr)CC2)sc1Br. The summed E-state index contributed by atoms with van der Waals surface area (Å²) in [7, 11) is -3.35. The van der Waals surface area contributed by atoms with Crippen molar-refractivity contribution in [3.8, 4) is 0 Å². The fourth-order valence-electron chi connectivity index (χ4n) is 2.14. The van der Waals surface area contributed by atoms with Crippen LogP contribution in [0.3, 0.4) is 0 Å². The van der Waals surface area contributed by atoms with Crippen LogP contribution in [0.15, 0.2) is 14.1 Å². The van der Waals surface area contributed by atoms with E-state index in [1.165, 1.54) is 11.3 Å². The normalized spacial score (nSPS) is 18.6. The molecule has 114 valence electrons. The molecule has 20 heavy (non-hydrogen) atoms. The van der Waals surface area contributed by atoms with Crippen LogP contribution in [0, 0.1) is 6.92 Å². The summed E-state index contributed by atoms with van der Waals surface area (Å²) in [6.45, 7) is 3.64. The quantitative estimate of drug-likeness (QED) is 0.651. The minimum absolute atomic E-state index is 0.177. The minimum atomic E-state index is -3.35. The van der Waals surface area contributed by atoms with Gasteiger partial charge in [-0.05, 0) is 47.3 Å². The third-order valence-electron chi connectivity index (χ3n) is 3.26. The van der Waals surface area contributed by atoms with E-state index in [1.807, 2.05) is 6.92 Å². The first kappa shape index (κ1) is 16.9. The molecule has 0 atom stereocenters. The zero-order valence-electron chi connectivity index (χ0n) is 11.1. The summed E-state index contributed by atoms with van der Waals surface area (Å²) in [5.41, 5.74) is 0.962. The van der Waals surface area contributed by atoms with E-state index in [0.29, 0.717) is 23.9 Å². The number of rotatable bonds is 5. The average Bonchev–Trinajstić information content (AvgIpc) is 2.77. The average molecular weight is 447 g/mol. The van der Waals surface area contributed by atoms with E-state index >= 15 is 0 Å². The van der Waals surface area contributed by atoms with Crippen molar-refractivity contribution in [2.75, 3.05) is 25.0 Å². The van der Waals surface area contributed by atoms with E-state index in [9.17, 15) is 8.42 Å². The first-order chi connectivity index (χ1) is 9.45. The third kappa shape index (κ3) is 3.84. The Balaban J connectivity index is 2.02. The minimum Gasteiger partial charge on any atom is -0.377 e. The predicted octanol–water partition coefficient (Wildman–Crippen LogP) is 3.38. The predicted molar refractivity (Wildman–Crippen MR) is 88.3 cm³/mol. The van der Waals surface area contributed by atoms with Crippen molar-refractivity contribution >= 4 is 53.2 Å². The summed E-state index contributed by atoms with van der Waals surface area (Å²) in [5, 5.41) is 0.814. The molecule has 0 unspecified atom stereocenters. The number of halogens is 2. The number of hydrogen-bond acceptors (Lipinski definition) is 4. The molecule has 1 fully saturated rings. The third-order valence-corrected chi connectivity index (χ3v) is 8.07. The highest BCUT2D eigenvalue weighted by Gasteiger charge is 2.31. The number of piperidine rings is 1. The number of nitrogens with zero attached hydrogens (tertiary/aromatic N) is 1. The monoisotopic (exact) mass is 445 g/mol. The fraction of sp³-hybridized carbons (Fsp3) is 0.667. The summed E-state index contributed by atoms with van der Waals surface area (Å²) in [6, 6.07) is 1.73. The van der Waals surface area contributed by atoms with E-state index in [0.717, 1.165) is 27.5 Å². The van der Waals surface area contributed by atoms with Gasteiger partial charge in [0, 0.05) is 18.4 Å². The van der Waals surface area contributed by atoms with Crippen molar-refractivity contribution in [2.45, 2.75) is 30.1 Å². The standard InChI is InChI=1S/C12H17Br2NO3S2/c1-9-8-11(19-12(9)14)20(16,17)15-5-2-10(3-6-15)18-7-4-13/h8,10H,2-7H2,1H3. The molecule has 0 N–H and O–H groups in total. The molecule has 0 saturated carbocycles. The van der Waals surface area contributed by atoms with Crippen LogP contribution in [0.5, 0.6) is 0 Å². The smallest absolute Gasteiger partial charge is 0.252 e. The number of hydrogen-bond donors (Lipinski definition) is 0. The Labute approximate surface area is 140 Å². The zero-order valence-corrected chi connectivity index (χ0v) is 15.9. The van der Waals surface area contributed by atoms with Crippen molar-refractivity contribution in [1.29, 1.82) is 0 Å². The molecule has 4 nitrogen and oxygen atoms in total. The van der Waals surface area contributed by atoms with E-state index in [2.05, 4.69) is 31.9 Å². The second-order valence-electron chi connectivity index (χ2n) is 4.69. The number of sulfonamides is 1. The summed E-state index contributed by atoms with van der Waals surface area (Å²) >= 11 is 7.99. The molecule has 0 amide bonds. The molecule has 0 aliphatic carbocycles. The number of alkyl halides is 1. The van der Waals surface area contributed by atoms with Gasteiger partial charge in [-0.3, -0.25) is 0 Å². The molecule has 1 aromatic heterocycles. The largest absolute Gasteiger partial charge is 0.377 e. The van der Waals surface area contributed by atoms with Crippen molar-refractivity contribution in [2.24, 2.45) is 0 Å². The molecule has 0 spiro atoms. The second-order valence-corrected chi connectivity index (χ2v) is 10.0. The molecule has 1 aliphatic heterocycles. The number of thiophene rings is 1. The van der Waals surface area contributed by atoms with Crippen LogP contribution in [0.1, 0.15) is 18.4 Å². The molecular formula is C12H17Br2NO3S2. The number of aryl methyl sites for hydroxylation is 1. The molecule has 0 bridgehead atoms. The van der Waals surface area contributed by atoms with Gasteiger partial charge in [0.15, 0.2) is 0 Å². The van der Waals surface area contributed by atoms with Gasteiger partial charge in [0.1, 0.15) is 4.21 Å². The Morgan fingerprint density at radius 2 is 2.10 bits per heavy atom. The number of ether oxygens (including phenoxy) is 1. The van der Waals surface area contributed by atoms with Gasteiger partial charge >= 0.3 is 0 Å². The molecule has 2 rings (SSSR count). The van der Waals surface area contributed by atoms with Gasteiger partial charge in [-0.2, -0.15) is 4.31 Å². The summed E-state index contributed by atoms with van der Waals surface area (Å²) < 4.78 is 33.6. The van der Waals surface area contributed by atoms with Gasteiger partial charge in [0.25, 0.3) is 10.0 Å². The van der Waals surface area contributed by atoms with Gasteiger partial charge in [0.05, 0.1) is 16.5 Å². The van der Waals surface area contributed by atoms with Gasteiger partial charge in [-0.1, -0.05) is 15.9 Å². The molecule has 1 saturated heterocycles. The van der Waals surface area contributed by atoms with Crippen molar-refractivity contribution in [3.63, 3.8) is 0 Å². The van der Waals surface area contributed by atoms with E-state index in [4.69, 9.17) is 4.74 Å². The molecule has 1 aromatic rings. The van der Waals surface area contributed by atoms with Gasteiger partial charge < -0.3 is 4.74 Å². The van der Waals surface area contributed by atoms with Crippen molar-refractivity contribution < 1.29 is 13.2 Å². The lowest BCUT2D eigenvalue weighted by Gasteiger charge is -2.30. The maximum Gasteiger partial charge on any atom is 0.252 e. The van der Waals surface area contributed by atoms with E-state index < -0.39 is 10.0 Å². The maximum absolute atomic E-state index is 12.5. The van der Waals surface area contributed by atoms with Crippen LogP contribution >= 0.6 is 43.2 Å². The van der Waals surface area contributed by atoms with Crippen LogP contribution in [0.4, 0.5) is 0 Å². The first-order valence-corrected chi connectivity index (χ1v) is 10.6. The van der Waals surface area contributed by atoms with Gasteiger partial charge in [-0.25, -0.2) is 8.42 Å². The highest BCUT2D eigenvalue weighted by molar-refractivity contribution is 9.11. The molecule has 0 radical (unpaired) electrons. The Kier molecular flexibility index (Phi) is 6.08. The van der Waals surface area contributed by atoms with Gasteiger partial charge in [-0.15, -0.1) is 11.3 Å². The second kappa shape index (κ2) is 7.19. The molecule has 8 heteroatoms. The van der Waals surface area contributed by atoms with Crippen molar-refractivity contribution in [3.05, 3.63) is 15.4 Å². The maximum atomic E-state index is 12.5. The molecule has 1 aliphatic rings. The lowest BCUT2D eigenvalue weighted by atomic mass is 10.1. The molecule has 2 heterocycles. The Morgan fingerprint density at radius 1 is 1.45 bits per heavy atom. The Hall–Kier alpha value is 0.530. The summed E-state index contributed by atoms with van der Waals surface area (Å²) in [4.78, 5) is 0. The molecule has 0 aromatic carbocycles. The highest BCUT2D eigenvalue weighted by Crippen LogP contribution is 2.33. The Bertz CT molecular complexity index is 532. The molecular weight excluding hydrogens is 430 g/mol. The first-order valence-electron chi connectivity index (χ1n) is 6.39. The van der Waals surface area contributed by atoms with Crippen LogP contribution in [0.2, 0.25) is 0 Å². The lowest BCUT2D eigenvalue weighted by molar-refractivity contribution is 0.0309. The zero-order chi connectivity index (χ0) is 14.8. The van der Waals surface area contributed by atoms with Crippen LogP contribution in [-0.4, -0.2) is 43.9 Å².